The lowest BCUT2D eigenvalue weighted by Gasteiger charge is -2.30. The fourth-order valence-electron chi connectivity index (χ4n) is 2.83. The van der Waals surface area contributed by atoms with E-state index in [2.05, 4.69) is 0 Å². The molecule has 1 aliphatic heterocycles. The molecule has 0 bridgehead atoms. The first-order chi connectivity index (χ1) is 11.1. The summed E-state index contributed by atoms with van der Waals surface area (Å²) in [6, 6.07) is 11.4. The number of benzene rings is 2. The number of hydrogen-bond acceptors (Lipinski definition) is 3. The van der Waals surface area contributed by atoms with E-state index in [1.807, 2.05) is 18.2 Å². The van der Waals surface area contributed by atoms with E-state index >= 15 is 0 Å². The van der Waals surface area contributed by atoms with Gasteiger partial charge < -0.3 is 15.4 Å². The molecule has 0 aliphatic carbocycles. The number of fused-ring (bicyclic) bond motifs is 1. The smallest absolute Gasteiger partial charge is 0.230 e. The number of hydrogen-bond donors (Lipinski definition) is 1. The molecule has 0 aromatic heterocycles. The zero-order valence-corrected chi connectivity index (χ0v) is 12.8. The van der Waals surface area contributed by atoms with Crippen LogP contribution in [0.15, 0.2) is 42.5 Å². The third-order valence-corrected chi connectivity index (χ3v) is 3.99. The molecule has 1 aliphatic rings. The Morgan fingerprint density at radius 2 is 2.00 bits per heavy atom. The maximum atomic E-state index is 12.8. The van der Waals surface area contributed by atoms with Crippen molar-refractivity contribution in [2.45, 2.75) is 19.3 Å². The van der Waals surface area contributed by atoms with E-state index in [1.165, 1.54) is 12.1 Å². The maximum Gasteiger partial charge on any atom is 0.230 e. The Kier molecular flexibility index (Phi) is 4.46. The van der Waals surface area contributed by atoms with Gasteiger partial charge >= 0.3 is 0 Å². The van der Waals surface area contributed by atoms with Crippen molar-refractivity contribution in [3.63, 3.8) is 0 Å². The van der Waals surface area contributed by atoms with Gasteiger partial charge in [-0.15, -0.1) is 0 Å². The Morgan fingerprint density at radius 3 is 2.78 bits per heavy atom. The van der Waals surface area contributed by atoms with E-state index < -0.39 is 0 Å². The Hall–Kier alpha value is -2.56. The number of carbonyl (C=O) groups is 1. The average Bonchev–Trinajstić information content (AvgIpc) is 2.56. The van der Waals surface area contributed by atoms with E-state index in [0.717, 1.165) is 29.8 Å². The van der Waals surface area contributed by atoms with Crippen molar-refractivity contribution in [3.05, 3.63) is 53.8 Å². The zero-order chi connectivity index (χ0) is 16.2. The molecule has 0 spiro atoms. The molecule has 1 heterocycles. The predicted octanol–water partition coefficient (Wildman–Crippen LogP) is 3.16. The number of rotatable bonds is 4. The summed E-state index contributed by atoms with van der Waals surface area (Å²) in [4.78, 5) is 14.2. The number of carbonyl (C=O) groups excluding carboxylic acids is 1. The van der Waals surface area contributed by atoms with Crippen LogP contribution in [0.3, 0.4) is 0 Å². The van der Waals surface area contributed by atoms with E-state index in [-0.39, 0.29) is 24.8 Å². The van der Waals surface area contributed by atoms with Crippen LogP contribution in [0.4, 0.5) is 15.8 Å². The number of nitrogens with two attached hydrogens (primary N) is 1. The highest BCUT2D eigenvalue weighted by molar-refractivity contribution is 5.95. The minimum absolute atomic E-state index is 0.0126. The van der Waals surface area contributed by atoms with Crippen molar-refractivity contribution in [3.8, 4) is 5.75 Å². The third kappa shape index (κ3) is 3.44. The van der Waals surface area contributed by atoms with E-state index in [0.29, 0.717) is 12.3 Å². The molecular weight excluding hydrogens is 295 g/mol. The van der Waals surface area contributed by atoms with Gasteiger partial charge in [-0.25, -0.2) is 4.39 Å². The molecule has 0 saturated heterocycles. The molecular formula is C18H19FN2O2. The van der Waals surface area contributed by atoms with Gasteiger partial charge in [0, 0.05) is 17.9 Å². The van der Waals surface area contributed by atoms with Crippen LogP contribution < -0.4 is 15.4 Å². The molecule has 0 atom stereocenters. The van der Waals surface area contributed by atoms with E-state index in [4.69, 9.17) is 10.5 Å². The second kappa shape index (κ2) is 6.69. The molecule has 3 rings (SSSR count). The standard InChI is InChI=1S/C18H19FN2O2/c19-13-6-8-14(9-7-13)23-12-10-18(22)21-11-2-3-15-16(20)4-1-5-17(15)21/h1,4-9H,2-3,10-12,20H2. The van der Waals surface area contributed by atoms with Crippen LogP contribution in [0, 0.1) is 5.82 Å². The summed E-state index contributed by atoms with van der Waals surface area (Å²) in [5.41, 5.74) is 8.69. The Labute approximate surface area is 134 Å². The molecule has 0 radical (unpaired) electrons. The fraction of sp³-hybridized carbons (Fsp3) is 0.278. The number of ether oxygens (including phenoxy) is 1. The first-order valence-corrected chi connectivity index (χ1v) is 7.71. The van der Waals surface area contributed by atoms with Crippen LogP contribution in [0.2, 0.25) is 0 Å². The molecule has 4 nitrogen and oxygen atoms in total. The first kappa shape index (κ1) is 15.3. The molecule has 0 unspecified atom stereocenters. The Bertz CT molecular complexity index is 701. The molecule has 5 heteroatoms. The van der Waals surface area contributed by atoms with E-state index in [9.17, 15) is 9.18 Å². The molecule has 2 N–H and O–H groups in total. The number of nitrogen functional groups attached to an aromatic ring is 1. The Morgan fingerprint density at radius 1 is 1.22 bits per heavy atom. The van der Waals surface area contributed by atoms with Crippen LogP contribution in [0.25, 0.3) is 0 Å². The summed E-state index contributed by atoms with van der Waals surface area (Å²) < 4.78 is 18.3. The minimum atomic E-state index is -0.309. The summed E-state index contributed by atoms with van der Waals surface area (Å²) in [5, 5.41) is 0. The van der Waals surface area contributed by atoms with Crippen molar-refractivity contribution in [1.82, 2.24) is 0 Å². The Balaban J connectivity index is 1.61. The van der Waals surface area contributed by atoms with Gasteiger partial charge in [0.2, 0.25) is 5.91 Å². The fourth-order valence-corrected chi connectivity index (χ4v) is 2.83. The summed E-state index contributed by atoms with van der Waals surface area (Å²) in [6.45, 7) is 0.963. The number of anilines is 2. The van der Waals surface area contributed by atoms with Crippen LogP contribution in [0.5, 0.6) is 5.75 Å². The van der Waals surface area contributed by atoms with Crippen molar-refractivity contribution >= 4 is 17.3 Å². The van der Waals surface area contributed by atoms with E-state index in [1.54, 1.807) is 17.0 Å². The highest BCUT2D eigenvalue weighted by Crippen LogP contribution is 2.31. The highest BCUT2D eigenvalue weighted by Gasteiger charge is 2.23. The zero-order valence-electron chi connectivity index (χ0n) is 12.8. The van der Waals surface area contributed by atoms with Crippen molar-refractivity contribution in [2.24, 2.45) is 0 Å². The second-order valence-electron chi connectivity index (χ2n) is 5.55. The lowest BCUT2D eigenvalue weighted by Crippen LogP contribution is -2.36. The first-order valence-electron chi connectivity index (χ1n) is 7.71. The van der Waals surface area contributed by atoms with Gasteiger partial charge in [0.1, 0.15) is 11.6 Å². The van der Waals surface area contributed by atoms with Gasteiger partial charge in [-0.05, 0) is 54.8 Å². The van der Waals surface area contributed by atoms with Crippen LogP contribution in [0.1, 0.15) is 18.4 Å². The molecule has 0 fully saturated rings. The molecule has 23 heavy (non-hydrogen) atoms. The average molecular weight is 314 g/mol. The lowest BCUT2D eigenvalue weighted by atomic mass is 9.99. The highest BCUT2D eigenvalue weighted by atomic mass is 19.1. The molecule has 2 aromatic rings. The monoisotopic (exact) mass is 314 g/mol. The largest absolute Gasteiger partial charge is 0.493 e. The van der Waals surface area contributed by atoms with Gasteiger partial charge in [-0.2, -0.15) is 0 Å². The SMILES string of the molecule is Nc1cccc2c1CCCN2C(=O)CCOc1ccc(F)cc1. The van der Waals surface area contributed by atoms with Gasteiger partial charge in [0.15, 0.2) is 0 Å². The quantitative estimate of drug-likeness (QED) is 0.882. The normalized spacial score (nSPS) is 13.5. The number of nitrogens with zero attached hydrogens (tertiary/aromatic N) is 1. The summed E-state index contributed by atoms with van der Waals surface area (Å²) in [5.74, 6) is 0.261. The van der Waals surface area contributed by atoms with Crippen LogP contribution >= 0.6 is 0 Å². The van der Waals surface area contributed by atoms with Crippen molar-refractivity contribution in [1.29, 1.82) is 0 Å². The van der Waals surface area contributed by atoms with Gasteiger partial charge in [0.25, 0.3) is 0 Å². The van der Waals surface area contributed by atoms with Gasteiger partial charge in [-0.3, -0.25) is 4.79 Å². The van der Waals surface area contributed by atoms with Gasteiger partial charge in [-0.1, -0.05) is 6.07 Å². The predicted molar refractivity (Wildman–Crippen MR) is 88.0 cm³/mol. The molecule has 0 saturated carbocycles. The van der Waals surface area contributed by atoms with Crippen molar-refractivity contribution < 1.29 is 13.9 Å². The molecule has 120 valence electrons. The van der Waals surface area contributed by atoms with Gasteiger partial charge in [0.05, 0.1) is 13.0 Å². The number of amides is 1. The number of halogens is 1. The summed E-state index contributed by atoms with van der Waals surface area (Å²) in [7, 11) is 0. The summed E-state index contributed by atoms with van der Waals surface area (Å²) in [6.07, 6.45) is 2.08. The minimum Gasteiger partial charge on any atom is -0.493 e. The van der Waals surface area contributed by atoms with Crippen LogP contribution in [-0.2, 0) is 11.2 Å². The summed E-state index contributed by atoms with van der Waals surface area (Å²) >= 11 is 0. The third-order valence-electron chi connectivity index (χ3n) is 3.99. The van der Waals surface area contributed by atoms with Crippen LogP contribution in [-0.4, -0.2) is 19.1 Å². The molecule has 1 amide bonds. The lowest BCUT2D eigenvalue weighted by molar-refractivity contribution is -0.119. The molecule has 2 aromatic carbocycles. The second-order valence-corrected chi connectivity index (χ2v) is 5.55. The van der Waals surface area contributed by atoms with Crippen molar-refractivity contribution in [2.75, 3.05) is 23.8 Å². The maximum absolute atomic E-state index is 12.8. The topological polar surface area (TPSA) is 55.6 Å².